The maximum atomic E-state index is 12.2. The first-order valence-corrected chi connectivity index (χ1v) is 7.11. The van der Waals surface area contributed by atoms with Gasteiger partial charge in [-0.05, 0) is 24.6 Å². The zero-order chi connectivity index (χ0) is 18.0. The topological polar surface area (TPSA) is 110 Å². The summed E-state index contributed by atoms with van der Waals surface area (Å²) in [6.07, 6.45) is 1.28. The minimum atomic E-state index is -0.931. The van der Waals surface area contributed by atoms with Crippen molar-refractivity contribution in [2.75, 3.05) is 0 Å². The molecule has 1 heterocycles. The van der Waals surface area contributed by atoms with Crippen LogP contribution in [0.5, 0.6) is 11.5 Å². The van der Waals surface area contributed by atoms with Gasteiger partial charge in [0.1, 0.15) is 17.4 Å². The lowest BCUT2D eigenvalue weighted by molar-refractivity contribution is -0.179. The number of carbonyl (C=O) groups excluding carboxylic acids is 2. The second kappa shape index (κ2) is 6.59. The lowest BCUT2D eigenvalue weighted by atomic mass is 9.88. The molecule has 7 heteroatoms. The van der Waals surface area contributed by atoms with E-state index in [1.807, 2.05) is 0 Å². The Balaban J connectivity index is 2.22. The van der Waals surface area contributed by atoms with E-state index in [0.29, 0.717) is 11.1 Å². The summed E-state index contributed by atoms with van der Waals surface area (Å²) in [5.74, 6) is -2.74. The Morgan fingerprint density at radius 3 is 2.62 bits per heavy atom. The van der Waals surface area contributed by atoms with Gasteiger partial charge in [-0.15, -0.1) is 0 Å². The molecule has 0 radical (unpaired) electrons. The predicted octanol–water partition coefficient (Wildman–Crippen LogP) is 1.58. The molecule has 1 unspecified atom stereocenters. The van der Waals surface area contributed by atoms with Crippen LogP contribution in [-0.2, 0) is 16.1 Å². The fraction of sp³-hybridized carbons (Fsp3) is 0.176. The highest BCUT2D eigenvalue weighted by Crippen LogP contribution is 2.30. The fourth-order valence-corrected chi connectivity index (χ4v) is 2.52. The average molecular weight is 330 g/mol. The molecule has 0 bridgehead atoms. The number of nitrogens with zero attached hydrogens (tertiary/aromatic N) is 1. The van der Waals surface area contributed by atoms with Gasteiger partial charge in [-0.2, -0.15) is 5.06 Å². The van der Waals surface area contributed by atoms with Crippen molar-refractivity contribution in [3.63, 3.8) is 0 Å². The number of nitrogens with one attached hydrogen (secondary N) is 1. The summed E-state index contributed by atoms with van der Waals surface area (Å²) in [6.45, 7) is 9.04. The minimum Gasteiger partial charge on any atom is -0.508 e. The lowest BCUT2D eigenvalue weighted by Crippen LogP contribution is -2.46. The first-order valence-electron chi connectivity index (χ1n) is 7.11. The van der Waals surface area contributed by atoms with Gasteiger partial charge in [0.2, 0.25) is 0 Å². The number of phenols is 2. The van der Waals surface area contributed by atoms with E-state index in [2.05, 4.69) is 18.5 Å². The van der Waals surface area contributed by atoms with Crippen LogP contribution in [0.1, 0.15) is 12.5 Å². The normalized spacial score (nSPS) is 17.9. The third-order valence-electron chi connectivity index (χ3n) is 3.86. The second-order valence-corrected chi connectivity index (χ2v) is 5.38. The van der Waals surface area contributed by atoms with Gasteiger partial charge in [0.15, 0.2) is 0 Å². The molecule has 24 heavy (non-hydrogen) atoms. The van der Waals surface area contributed by atoms with Gasteiger partial charge in [-0.3, -0.25) is 14.8 Å². The third kappa shape index (κ3) is 3.02. The molecule has 7 nitrogen and oxygen atoms in total. The Kier molecular flexibility index (Phi) is 4.75. The minimum absolute atomic E-state index is 0.0551. The van der Waals surface area contributed by atoms with Crippen molar-refractivity contribution in [3.8, 4) is 11.5 Å². The summed E-state index contributed by atoms with van der Waals surface area (Å²) < 4.78 is 0. The van der Waals surface area contributed by atoms with Crippen molar-refractivity contribution in [1.82, 2.24) is 10.4 Å². The van der Waals surface area contributed by atoms with Gasteiger partial charge in [-0.25, -0.2) is 0 Å². The molecule has 1 aromatic carbocycles. The number of benzene rings is 1. The molecule has 4 N–H and O–H groups in total. The summed E-state index contributed by atoms with van der Waals surface area (Å²) in [4.78, 5) is 24.0. The van der Waals surface area contributed by atoms with E-state index < -0.39 is 17.7 Å². The predicted molar refractivity (Wildman–Crippen MR) is 85.8 cm³/mol. The number of phenolic OH excluding ortho intramolecular Hbond substituents is 2. The van der Waals surface area contributed by atoms with Gasteiger partial charge in [-0.1, -0.05) is 19.2 Å². The van der Waals surface area contributed by atoms with Crippen LogP contribution in [-0.4, -0.2) is 32.3 Å². The molecule has 2 rings (SSSR count). The van der Waals surface area contributed by atoms with Crippen molar-refractivity contribution < 1.29 is 25.0 Å². The van der Waals surface area contributed by atoms with Crippen molar-refractivity contribution >= 4 is 11.8 Å². The number of imide groups is 1. The monoisotopic (exact) mass is 330 g/mol. The zero-order valence-electron chi connectivity index (χ0n) is 13.1. The van der Waals surface area contributed by atoms with E-state index in [-0.39, 0.29) is 34.4 Å². The summed E-state index contributed by atoms with van der Waals surface area (Å²) in [6, 6.07) is 4.13. The Morgan fingerprint density at radius 2 is 2.04 bits per heavy atom. The number of hydroxylamine groups is 2. The van der Waals surface area contributed by atoms with Crippen molar-refractivity contribution in [3.05, 3.63) is 59.8 Å². The number of carbonyl (C=O) groups is 2. The Hall–Kier alpha value is -3.06. The van der Waals surface area contributed by atoms with Gasteiger partial charge in [0.25, 0.3) is 11.8 Å². The quantitative estimate of drug-likeness (QED) is 0.482. The van der Waals surface area contributed by atoms with Gasteiger partial charge in [0, 0.05) is 29.4 Å². The van der Waals surface area contributed by atoms with E-state index >= 15 is 0 Å². The number of rotatable bonds is 5. The van der Waals surface area contributed by atoms with Gasteiger partial charge in [0.05, 0.1) is 0 Å². The molecule has 126 valence electrons. The molecule has 0 saturated carbocycles. The Bertz CT molecular complexity index is 766. The van der Waals surface area contributed by atoms with E-state index in [1.165, 1.54) is 24.3 Å². The molecule has 0 aromatic heterocycles. The summed E-state index contributed by atoms with van der Waals surface area (Å²) >= 11 is 0. The van der Waals surface area contributed by atoms with Crippen LogP contribution in [0.4, 0.5) is 0 Å². The highest BCUT2D eigenvalue weighted by Gasteiger charge is 2.39. The second-order valence-electron chi connectivity index (χ2n) is 5.38. The average Bonchev–Trinajstić information content (AvgIpc) is 2.52. The molecule has 0 spiro atoms. The van der Waals surface area contributed by atoms with E-state index in [4.69, 9.17) is 0 Å². The third-order valence-corrected chi connectivity index (χ3v) is 3.86. The van der Waals surface area contributed by atoms with Crippen LogP contribution in [0.25, 0.3) is 0 Å². The van der Waals surface area contributed by atoms with E-state index in [0.717, 1.165) is 0 Å². The molecule has 0 saturated heterocycles. The zero-order valence-corrected chi connectivity index (χ0v) is 13.1. The van der Waals surface area contributed by atoms with Crippen LogP contribution in [0.3, 0.4) is 0 Å². The number of hydrogen-bond donors (Lipinski definition) is 4. The largest absolute Gasteiger partial charge is 0.508 e. The molecule has 0 fully saturated rings. The molecular weight excluding hydrogens is 312 g/mol. The Morgan fingerprint density at radius 1 is 1.38 bits per heavy atom. The van der Waals surface area contributed by atoms with Crippen molar-refractivity contribution in [2.45, 2.75) is 13.5 Å². The molecule has 0 aliphatic carbocycles. The van der Waals surface area contributed by atoms with Gasteiger partial charge >= 0.3 is 0 Å². The van der Waals surface area contributed by atoms with Crippen molar-refractivity contribution in [2.24, 2.45) is 5.92 Å². The number of hydrogen-bond acceptors (Lipinski definition) is 6. The number of amides is 2. The molecule has 2 amide bonds. The van der Waals surface area contributed by atoms with Crippen LogP contribution in [0.15, 0.2) is 54.3 Å². The highest BCUT2D eigenvalue weighted by atomic mass is 16.5. The maximum absolute atomic E-state index is 12.2. The standard InChI is InChI=1S/C17H18N2O5/c1-4-13-9(2)15(17(23)19(24)16(13)22)10(3)18-8-11-5-6-12(20)7-14(11)21/h4-7,15,18,20-21,24H,1,3,8H2,2H3. The van der Waals surface area contributed by atoms with Crippen LogP contribution in [0, 0.1) is 5.92 Å². The van der Waals surface area contributed by atoms with Gasteiger partial charge < -0.3 is 15.5 Å². The van der Waals surface area contributed by atoms with Crippen LogP contribution in [0.2, 0.25) is 0 Å². The lowest BCUT2D eigenvalue weighted by Gasteiger charge is -2.30. The van der Waals surface area contributed by atoms with Crippen molar-refractivity contribution in [1.29, 1.82) is 0 Å². The summed E-state index contributed by atoms with van der Waals surface area (Å²) in [5.41, 5.74) is 1.31. The maximum Gasteiger partial charge on any atom is 0.284 e. The summed E-state index contributed by atoms with van der Waals surface area (Å²) in [5, 5.41) is 31.6. The molecule has 1 aliphatic heterocycles. The molecular formula is C17H18N2O5. The smallest absolute Gasteiger partial charge is 0.284 e. The van der Waals surface area contributed by atoms with Crippen LogP contribution < -0.4 is 5.32 Å². The summed E-state index contributed by atoms with van der Waals surface area (Å²) in [7, 11) is 0. The van der Waals surface area contributed by atoms with Crippen LogP contribution >= 0.6 is 0 Å². The molecule has 1 aromatic rings. The Labute approximate surface area is 138 Å². The molecule has 1 atom stereocenters. The number of aromatic hydroxyl groups is 2. The highest BCUT2D eigenvalue weighted by molar-refractivity contribution is 6.10. The first kappa shape index (κ1) is 17.3. The fourth-order valence-electron chi connectivity index (χ4n) is 2.52. The van der Waals surface area contributed by atoms with E-state index in [9.17, 15) is 25.0 Å². The first-order chi connectivity index (χ1) is 11.3. The SMILES string of the molecule is C=CC1=C(C)C(C(=C)NCc2ccc(O)cc2O)C(=O)N(O)C1=O. The van der Waals surface area contributed by atoms with E-state index in [1.54, 1.807) is 6.92 Å². The molecule has 1 aliphatic rings.